The zero-order chi connectivity index (χ0) is 21.3. The molecule has 2 fully saturated rings. The SMILES string of the molecule is Cc1cnc([C@@H]2CCON2C(=O)C2CCN(c3ncc(F)c(C(N)=O)n3)CC2)cn1. The highest BCUT2D eigenvalue weighted by atomic mass is 19.1. The molecule has 4 heterocycles. The van der Waals surface area contributed by atoms with E-state index in [4.69, 9.17) is 10.6 Å². The Balaban J connectivity index is 1.41. The molecule has 2 N–H and O–H groups in total. The van der Waals surface area contributed by atoms with Crippen molar-refractivity contribution in [2.24, 2.45) is 11.7 Å². The van der Waals surface area contributed by atoms with Crippen LogP contribution in [0.5, 0.6) is 0 Å². The van der Waals surface area contributed by atoms with E-state index in [1.807, 2.05) is 11.8 Å². The van der Waals surface area contributed by atoms with Crippen LogP contribution in [0.3, 0.4) is 0 Å². The fourth-order valence-electron chi connectivity index (χ4n) is 3.72. The Labute approximate surface area is 172 Å². The van der Waals surface area contributed by atoms with E-state index in [0.29, 0.717) is 44.7 Å². The van der Waals surface area contributed by atoms with Gasteiger partial charge in [0.05, 0.1) is 30.4 Å². The van der Waals surface area contributed by atoms with Gasteiger partial charge in [0, 0.05) is 31.6 Å². The number of amides is 2. The lowest BCUT2D eigenvalue weighted by molar-refractivity contribution is -0.182. The lowest BCUT2D eigenvalue weighted by Gasteiger charge is -2.33. The number of primary amides is 1. The largest absolute Gasteiger partial charge is 0.364 e. The van der Waals surface area contributed by atoms with Crippen LogP contribution in [0.4, 0.5) is 10.3 Å². The Kier molecular flexibility index (Phi) is 5.53. The standard InChI is InChI=1S/C19H22FN7O3/c1-11-8-23-14(10-22-11)15-4-7-30-27(15)18(29)12-2-5-26(6-3-12)19-24-9-13(20)16(25-19)17(21)28/h8-10,12,15H,2-7H2,1H3,(H2,21,28)/t15-/m0/s1. The molecule has 0 saturated carbocycles. The molecule has 30 heavy (non-hydrogen) atoms. The zero-order valence-corrected chi connectivity index (χ0v) is 16.5. The van der Waals surface area contributed by atoms with Gasteiger partial charge in [-0.1, -0.05) is 0 Å². The van der Waals surface area contributed by atoms with Gasteiger partial charge < -0.3 is 10.6 Å². The number of aryl methyl sites for hydroxylation is 1. The minimum Gasteiger partial charge on any atom is -0.364 e. The lowest BCUT2D eigenvalue weighted by Crippen LogP contribution is -2.42. The summed E-state index contributed by atoms with van der Waals surface area (Å²) in [4.78, 5) is 48.3. The number of nitrogens with zero attached hydrogens (tertiary/aromatic N) is 6. The summed E-state index contributed by atoms with van der Waals surface area (Å²) in [6.07, 6.45) is 6.07. The summed E-state index contributed by atoms with van der Waals surface area (Å²) in [6.45, 7) is 3.28. The van der Waals surface area contributed by atoms with Crippen molar-refractivity contribution in [3.63, 3.8) is 0 Å². The van der Waals surface area contributed by atoms with Gasteiger partial charge in [0.25, 0.3) is 5.91 Å². The van der Waals surface area contributed by atoms with E-state index in [0.717, 1.165) is 11.9 Å². The van der Waals surface area contributed by atoms with Gasteiger partial charge in [-0.25, -0.2) is 19.4 Å². The molecule has 0 aromatic carbocycles. The van der Waals surface area contributed by atoms with Gasteiger partial charge >= 0.3 is 0 Å². The Hall–Kier alpha value is -3.21. The van der Waals surface area contributed by atoms with E-state index < -0.39 is 17.4 Å². The van der Waals surface area contributed by atoms with Crippen molar-refractivity contribution in [1.82, 2.24) is 25.0 Å². The Morgan fingerprint density at radius 2 is 1.90 bits per heavy atom. The maximum atomic E-state index is 13.6. The Bertz CT molecular complexity index is 948. The summed E-state index contributed by atoms with van der Waals surface area (Å²) in [5, 5.41) is 1.43. The fourth-order valence-corrected chi connectivity index (χ4v) is 3.72. The number of hydroxylamine groups is 2. The minimum absolute atomic E-state index is 0.0858. The van der Waals surface area contributed by atoms with Crippen molar-refractivity contribution >= 4 is 17.8 Å². The quantitative estimate of drug-likeness (QED) is 0.781. The van der Waals surface area contributed by atoms with Crippen LogP contribution in [0, 0.1) is 18.7 Å². The molecule has 4 rings (SSSR count). The van der Waals surface area contributed by atoms with Crippen molar-refractivity contribution in [3.05, 3.63) is 41.5 Å². The van der Waals surface area contributed by atoms with Gasteiger partial charge in [-0.2, -0.15) is 0 Å². The van der Waals surface area contributed by atoms with Gasteiger partial charge in [-0.3, -0.25) is 24.4 Å². The van der Waals surface area contributed by atoms with E-state index in [1.54, 1.807) is 12.4 Å². The van der Waals surface area contributed by atoms with Crippen molar-refractivity contribution in [3.8, 4) is 0 Å². The summed E-state index contributed by atoms with van der Waals surface area (Å²) in [5.41, 5.74) is 6.23. The van der Waals surface area contributed by atoms with Crippen LogP contribution in [0.1, 0.15) is 47.2 Å². The number of rotatable bonds is 4. The summed E-state index contributed by atoms with van der Waals surface area (Å²) >= 11 is 0. The molecule has 2 saturated heterocycles. The smallest absolute Gasteiger partial charge is 0.270 e. The van der Waals surface area contributed by atoms with Crippen molar-refractivity contribution in [1.29, 1.82) is 0 Å². The van der Waals surface area contributed by atoms with E-state index in [1.165, 1.54) is 5.06 Å². The van der Waals surface area contributed by atoms with Crippen LogP contribution >= 0.6 is 0 Å². The molecule has 1 atom stereocenters. The van der Waals surface area contributed by atoms with Gasteiger partial charge in [0.1, 0.15) is 6.04 Å². The topological polar surface area (TPSA) is 127 Å². The van der Waals surface area contributed by atoms with E-state index >= 15 is 0 Å². The number of nitrogens with two attached hydrogens (primary N) is 1. The zero-order valence-electron chi connectivity index (χ0n) is 16.5. The molecule has 2 aromatic heterocycles. The van der Waals surface area contributed by atoms with E-state index in [9.17, 15) is 14.0 Å². The normalized spacial score (nSPS) is 19.9. The number of carbonyl (C=O) groups excluding carboxylic acids is 2. The van der Waals surface area contributed by atoms with Crippen LogP contribution in [-0.4, -0.2) is 56.5 Å². The molecular formula is C19H22FN7O3. The first-order chi connectivity index (χ1) is 14.4. The van der Waals surface area contributed by atoms with Crippen LogP contribution < -0.4 is 10.6 Å². The summed E-state index contributed by atoms with van der Waals surface area (Å²) in [6, 6.07) is -0.248. The fraction of sp³-hybridized carbons (Fsp3) is 0.474. The first kappa shape index (κ1) is 20.1. The number of anilines is 1. The second kappa shape index (κ2) is 8.27. The molecule has 0 bridgehead atoms. The molecule has 2 amide bonds. The van der Waals surface area contributed by atoms with Gasteiger partial charge in [-0.15, -0.1) is 0 Å². The second-order valence-corrected chi connectivity index (χ2v) is 7.38. The summed E-state index contributed by atoms with van der Waals surface area (Å²) in [7, 11) is 0. The number of aromatic nitrogens is 4. The maximum Gasteiger partial charge on any atom is 0.270 e. The Morgan fingerprint density at radius 1 is 1.13 bits per heavy atom. The van der Waals surface area contributed by atoms with Crippen molar-refractivity contribution in [2.45, 2.75) is 32.2 Å². The number of halogens is 1. The Morgan fingerprint density at radius 3 is 2.57 bits per heavy atom. The molecule has 0 spiro atoms. The molecule has 2 aliphatic heterocycles. The molecule has 158 valence electrons. The molecule has 2 aliphatic rings. The average molecular weight is 415 g/mol. The third-order valence-corrected chi connectivity index (χ3v) is 5.36. The predicted molar refractivity (Wildman–Crippen MR) is 102 cm³/mol. The van der Waals surface area contributed by atoms with Crippen LogP contribution in [0.15, 0.2) is 18.6 Å². The maximum absolute atomic E-state index is 13.6. The van der Waals surface area contributed by atoms with Crippen molar-refractivity contribution < 1.29 is 18.8 Å². The summed E-state index contributed by atoms with van der Waals surface area (Å²) in [5.74, 6) is -1.89. The van der Waals surface area contributed by atoms with E-state index in [-0.39, 0.29) is 23.8 Å². The molecular weight excluding hydrogens is 393 g/mol. The first-order valence-corrected chi connectivity index (χ1v) is 9.76. The van der Waals surface area contributed by atoms with E-state index in [2.05, 4.69) is 19.9 Å². The van der Waals surface area contributed by atoms with Gasteiger partial charge in [0.15, 0.2) is 11.5 Å². The number of hydrogen-bond acceptors (Lipinski definition) is 8. The highest BCUT2D eigenvalue weighted by Gasteiger charge is 2.38. The van der Waals surface area contributed by atoms with Crippen LogP contribution in [0.2, 0.25) is 0 Å². The van der Waals surface area contributed by atoms with Crippen LogP contribution in [0.25, 0.3) is 0 Å². The first-order valence-electron chi connectivity index (χ1n) is 9.76. The molecule has 0 unspecified atom stereocenters. The van der Waals surface area contributed by atoms with Gasteiger partial charge in [-0.05, 0) is 19.8 Å². The molecule has 0 radical (unpaired) electrons. The second-order valence-electron chi connectivity index (χ2n) is 7.38. The molecule has 11 heteroatoms. The highest BCUT2D eigenvalue weighted by Crippen LogP contribution is 2.32. The van der Waals surface area contributed by atoms with Crippen LogP contribution in [-0.2, 0) is 9.63 Å². The summed E-state index contributed by atoms with van der Waals surface area (Å²) < 4.78 is 13.6. The highest BCUT2D eigenvalue weighted by molar-refractivity contribution is 5.91. The molecule has 10 nitrogen and oxygen atoms in total. The molecule has 0 aliphatic carbocycles. The number of carbonyl (C=O) groups is 2. The van der Waals surface area contributed by atoms with Gasteiger partial charge in [0.2, 0.25) is 11.9 Å². The third kappa shape index (κ3) is 3.92. The third-order valence-electron chi connectivity index (χ3n) is 5.36. The number of piperidine rings is 1. The monoisotopic (exact) mass is 415 g/mol. The average Bonchev–Trinajstić information content (AvgIpc) is 3.24. The predicted octanol–water partition coefficient (Wildman–Crippen LogP) is 0.935. The lowest BCUT2D eigenvalue weighted by atomic mass is 9.95. The number of hydrogen-bond donors (Lipinski definition) is 1. The van der Waals surface area contributed by atoms with Crippen molar-refractivity contribution in [2.75, 3.05) is 24.6 Å². The minimum atomic E-state index is -0.947. The molecule has 2 aromatic rings.